The highest BCUT2D eigenvalue weighted by Crippen LogP contribution is 2.22. The summed E-state index contributed by atoms with van der Waals surface area (Å²) >= 11 is 0. The number of benzene rings is 1. The number of esters is 1. The molecule has 0 aliphatic carbocycles. The number of hydrogen-bond acceptors (Lipinski definition) is 4. The number of nitrogens with two attached hydrogens (primary N) is 1. The average Bonchev–Trinajstić information content (AvgIpc) is 2.22. The molecule has 15 heavy (non-hydrogen) atoms. The lowest BCUT2D eigenvalue weighted by Gasteiger charge is -2.14. The third-order valence-corrected chi connectivity index (χ3v) is 2.05. The summed E-state index contributed by atoms with van der Waals surface area (Å²) in [6, 6.07) is 5.31. The Hall–Kier alpha value is -1.71. The molecule has 0 aromatic heterocycles. The van der Waals surface area contributed by atoms with Gasteiger partial charge in [0.05, 0.1) is 7.11 Å². The van der Waals surface area contributed by atoms with Gasteiger partial charge in [0.1, 0.15) is 5.75 Å². The van der Waals surface area contributed by atoms with E-state index in [0.717, 1.165) is 5.56 Å². The zero-order chi connectivity index (χ0) is 11.4. The summed E-state index contributed by atoms with van der Waals surface area (Å²) in [5, 5.41) is 0. The molecule has 0 saturated carbocycles. The van der Waals surface area contributed by atoms with Crippen molar-refractivity contribution in [3.63, 3.8) is 0 Å². The van der Waals surface area contributed by atoms with E-state index in [1.807, 2.05) is 13.0 Å². The van der Waals surface area contributed by atoms with Gasteiger partial charge in [-0.1, -0.05) is 6.07 Å². The first kappa shape index (κ1) is 11.4. The minimum atomic E-state index is -0.629. The molecular weight excluding hydrogens is 194 g/mol. The molecule has 0 saturated heterocycles. The predicted molar refractivity (Wildman–Crippen MR) is 57.7 cm³/mol. The third-order valence-electron chi connectivity index (χ3n) is 2.05. The van der Waals surface area contributed by atoms with Gasteiger partial charge in [-0.15, -0.1) is 0 Å². The molecule has 0 radical (unpaired) electrons. The molecule has 0 unspecified atom stereocenters. The summed E-state index contributed by atoms with van der Waals surface area (Å²) in [6.45, 7) is 3.52. The first-order chi connectivity index (χ1) is 7.04. The van der Waals surface area contributed by atoms with E-state index in [2.05, 4.69) is 4.74 Å². The maximum absolute atomic E-state index is 11.1. The molecule has 1 rings (SSSR count). The SMILES string of the molecule is COC(=O)[C@@H](C)Oc1cc(N)ccc1C. The van der Waals surface area contributed by atoms with Crippen LogP contribution in [0.15, 0.2) is 18.2 Å². The monoisotopic (exact) mass is 209 g/mol. The summed E-state index contributed by atoms with van der Waals surface area (Å²) in [4.78, 5) is 11.1. The van der Waals surface area contributed by atoms with Crippen molar-refractivity contribution in [1.82, 2.24) is 0 Å². The Morgan fingerprint density at radius 3 is 2.73 bits per heavy atom. The lowest BCUT2D eigenvalue weighted by Crippen LogP contribution is -2.25. The molecule has 2 N–H and O–H groups in total. The van der Waals surface area contributed by atoms with Gasteiger partial charge < -0.3 is 15.2 Å². The quantitative estimate of drug-likeness (QED) is 0.605. The maximum Gasteiger partial charge on any atom is 0.346 e. The lowest BCUT2D eigenvalue weighted by molar-refractivity contribution is -0.147. The van der Waals surface area contributed by atoms with E-state index >= 15 is 0 Å². The Kier molecular flexibility index (Phi) is 3.55. The van der Waals surface area contributed by atoms with Crippen molar-refractivity contribution in [2.45, 2.75) is 20.0 Å². The van der Waals surface area contributed by atoms with Gasteiger partial charge in [-0.05, 0) is 25.5 Å². The van der Waals surface area contributed by atoms with Crippen molar-refractivity contribution in [3.05, 3.63) is 23.8 Å². The molecule has 0 amide bonds. The van der Waals surface area contributed by atoms with Crippen LogP contribution in [-0.4, -0.2) is 19.2 Å². The Morgan fingerprint density at radius 1 is 1.47 bits per heavy atom. The molecular formula is C11H15NO3. The van der Waals surface area contributed by atoms with Crippen molar-refractivity contribution in [3.8, 4) is 5.75 Å². The van der Waals surface area contributed by atoms with Gasteiger partial charge in [-0.25, -0.2) is 4.79 Å². The number of carbonyl (C=O) groups excluding carboxylic acids is 1. The van der Waals surface area contributed by atoms with Gasteiger partial charge >= 0.3 is 5.97 Å². The summed E-state index contributed by atoms with van der Waals surface area (Å²) in [7, 11) is 1.33. The molecule has 0 aliphatic heterocycles. The number of carbonyl (C=O) groups is 1. The normalized spacial score (nSPS) is 11.9. The molecule has 0 heterocycles. The molecule has 0 fully saturated rings. The van der Waals surface area contributed by atoms with Crippen LogP contribution in [0, 0.1) is 6.92 Å². The van der Waals surface area contributed by atoms with Crippen LogP contribution in [0.5, 0.6) is 5.75 Å². The second-order valence-electron chi connectivity index (χ2n) is 3.31. The summed E-state index contributed by atoms with van der Waals surface area (Å²) in [5.41, 5.74) is 7.15. The van der Waals surface area contributed by atoms with E-state index in [1.54, 1.807) is 19.1 Å². The first-order valence-electron chi connectivity index (χ1n) is 4.65. The Labute approximate surface area is 89.0 Å². The fourth-order valence-electron chi connectivity index (χ4n) is 1.15. The Bertz CT molecular complexity index is 363. The van der Waals surface area contributed by atoms with E-state index < -0.39 is 12.1 Å². The van der Waals surface area contributed by atoms with Gasteiger partial charge in [-0.3, -0.25) is 0 Å². The van der Waals surface area contributed by atoms with E-state index in [0.29, 0.717) is 11.4 Å². The van der Waals surface area contributed by atoms with Crippen LogP contribution < -0.4 is 10.5 Å². The molecule has 0 spiro atoms. The smallest absolute Gasteiger partial charge is 0.346 e. The van der Waals surface area contributed by atoms with Crippen LogP contribution >= 0.6 is 0 Å². The Morgan fingerprint density at radius 2 is 2.13 bits per heavy atom. The van der Waals surface area contributed by atoms with Crippen molar-refractivity contribution in [2.75, 3.05) is 12.8 Å². The fraction of sp³-hybridized carbons (Fsp3) is 0.364. The highest BCUT2D eigenvalue weighted by Gasteiger charge is 2.15. The second kappa shape index (κ2) is 4.68. The number of ether oxygens (including phenoxy) is 2. The van der Waals surface area contributed by atoms with Crippen LogP contribution in [0.3, 0.4) is 0 Å². The molecule has 1 aromatic carbocycles. The molecule has 0 aliphatic rings. The second-order valence-corrected chi connectivity index (χ2v) is 3.31. The van der Waals surface area contributed by atoms with Crippen molar-refractivity contribution in [1.29, 1.82) is 0 Å². The zero-order valence-electron chi connectivity index (χ0n) is 9.11. The minimum Gasteiger partial charge on any atom is -0.479 e. The third kappa shape index (κ3) is 2.87. The highest BCUT2D eigenvalue weighted by molar-refractivity contribution is 5.74. The largest absolute Gasteiger partial charge is 0.479 e. The molecule has 1 aromatic rings. The molecule has 1 atom stereocenters. The van der Waals surface area contributed by atoms with Crippen LogP contribution in [0.4, 0.5) is 5.69 Å². The number of hydrogen-bond donors (Lipinski definition) is 1. The van der Waals surface area contributed by atoms with E-state index in [-0.39, 0.29) is 0 Å². The molecule has 82 valence electrons. The van der Waals surface area contributed by atoms with E-state index in [4.69, 9.17) is 10.5 Å². The number of rotatable bonds is 3. The van der Waals surface area contributed by atoms with Gasteiger partial charge in [0.15, 0.2) is 6.10 Å². The lowest BCUT2D eigenvalue weighted by atomic mass is 10.2. The van der Waals surface area contributed by atoms with Crippen molar-refractivity contribution >= 4 is 11.7 Å². The van der Waals surface area contributed by atoms with Crippen molar-refractivity contribution < 1.29 is 14.3 Å². The van der Waals surface area contributed by atoms with E-state index in [1.165, 1.54) is 7.11 Å². The predicted octanol–water partition coefficient (Wildman–Crippen LogP) is 1.52. The molecule has 0 bridgehead atoms. The van der Waals surface area contributed by atoms with Gasteiger partial charge in [-0.2, -0.15) is 0 Å². The minimum absolute atomic E-state index is 0.406. The highest BCUT2D eigenvalue weighted by atomic mass is 16.6. The van der Waals surface area contributed by atoms with Crippen molar-refractivity contribution in [2.24, 2.45) is 0 Å². The summed E-state index contributed by atoms with van der Waals surface area (Å²) in [6.07, 6.45) is -0.629. The zero-order valence-corrected chi connectivity index (χ0v) is 9.11. The summed E-state index contributed by atoms with van der Waals surface area (Å²) < 4.78 is 9.98. The standard InChI is InChI=1S/C11H15NO3/c1-7-4-5-9(12)6-10(7)15-8(2)11(13)14-3/h4-6,8H,12H2,1-3H3/t8-/m1/s1. The molecule has 4 heteroatoms. The van der Waals surface area contributed by atoms with Gasteiger partial charge in [0.25, 0.3) is 0 Å². The number of anilines is 1. The van der Waals surface area contributed by atoms with Crippen LogP contribution in [0.25, 0.3) is 0 Å². The maximum atomic E-state index is 11.1. The van der Waals surface area contributed by atoms with Gasteiger partial charge in [0.2, 0.25) is 0 Å². The fourth-order valence-corrected chi connectivity index (χ4v) is 1.15. The summed E-state index contributed by atoms with van der Waals surface area (Å²) in [5.74, 6) is 0.199. The van der Waals surface area contributed by atoms with E-state index in [9.17, 15) is 4.79 Å². The van der Waals surface area contributed by atoms with Crippen LogP contribution in [0.1, 0.15) is 12.5 Å². The number of nitrogen functional groups attached to an aromatic ring is 1. The number of methoxy groups -OCH3 is 1. The molecule has 4 nitrogen and oxygen atoms in total. The van der Waals surface area contributed by atoms with Crippen LogP contribution in [0.2, 0.25) is 0 Å². The van der Waals surface area contributed by atoms with Gasteiger partial charge in [0, 0.05) is 11.8 Å². The number of aryl methyl sites for hydroxylation is 1. The Balaban J connectivity index is 2.80. The average molecular weight is 209 g/mol. The topological polar surface area (TPSA) is 61.5 Å². The first-order valence-corrected chi connectivity index (χ1v) is 4.65. The van der Waals surface area contributed by atoms with Crippen LogP contribution in [-0.2, 0) is 9.53 Å².